The van der Waals surface area contributed by atoms with E-state index in [2.05, 4.69) is 10.2 Å². The first-order valence-electron chi connectivity index (χ1n) is 5.03. The zero-order valence-corrected chi connectivity index (χ0v) is 9.34. The Balaban J connectivity index is 2.12. The van der Waals surface area contributed by atoms with E-state index in [-0.39, 0.29) is 18.7 Å². The average molecular weight is 256 g/mol. The summed E-state index contributed by atoms with van der Waals surface area (Å²) in [4.78, 5) is 36.9. The molecule has 18 heavy (non-hydrogen) atoms. The maximum Gasteiger partial charge on any atom is 0.332 e. The monoisotopic (exact) mass is 256 g/mol. The summed E-state index contributed by atoms with van der Waals surface area (Å²) in [5, 5.41) is 10.7. The molecule has 0 fully saturated rings. The predicted octanol–water partition coefficient (Wildman–Crippen LogP) is -0.468. The molecule has 0 aliphatic carbocycles. The second-order valence-corrected chi connectivity index (χ2v) is 3.19. The van der Waals surface area contributed by atoms with Gasteiger partial charge in [0, 0.05) is 13.0 Å². The van der Waals surface area contributed by atoms with Crippen LogP contribution < -0.4 is 10.8 Å². The Hall–Kier alpha value is -2.35. The van der Waals surface area contributed by atoms with Gasteiger partial charge in [-0.25, -0.2) is 10.3 Å². The third-order valence-corrected chi connectivity index (χ3v) is 1.76. The van der Waals surface area contributed by atoms with Gasteiger partial charge in [0.15, 0.2) is 12.4 Å². The van der Waals surface area contributed by atoms with Crippen molar-refractivity contribution in [2.24, 2.45) is 0 Å². The highest BCUT2D eigenvalue weighted by atomic mass is 16.7. The van der Waals surface area contributed by atoms with Crippen LogP contribution in [0.5, 0.6) is 0 Å². The molecule has 1 aromatic rings. The third-order valence-electron chi connectivity index (χ3n) is 1.76. The molecule has 1 rings (SSSR count). The fraction of sp³-hybridized carbons (Fsp3) is 0.300. The molecule has 1 aromatic heterocycles. The molecule has 1 heterocycles. The van der Waals surface area contributed by atoms with Crippen LogP contribution in [0.15, 0.2) is 22.8 Å². The highest BCUT2D eigenvalue weighted by molar-refractivity contribution is 5.91. The van der Waals surface area contributed by atoms with E-state index in [1.807, 2.05) is 5.48 Å². The molecule has 0 spiro atoms. The van der Waals surface area contributed by atoms with Crippen molar-refractivity contribution < 1.29 is 28.7 Å². The lowest BCUT2D eigenvalue weighted by Crippen LogP contribution is -2.31. The number of nitrogens with one attached hydrogen (secondary N) is 2. The molecular formula is C10H12N2O6. The van der Waals surface area contributed by atoms with Gasteiger partial charge in [-0.05, 0) is 12.1 Å². The smallest absolute Gasteiger partial charge is 0.332 e. The molecule has 0 aromatic carbocycles. The van der Waals surface area contributed by atoms with Crippen LogP contribution in [0.2, 0.25) is 0 Å². The number of carboxylic acids is 1. The highest BCUT2D eigenvalue weighted by Gasteiger charge is 2.08. The topological polar surface area (TPSA) is 118 Å². The van der Waals surface area contributed by atoms with Crippen LogP contribution in [0.1, 0.15) is 17.0 Å². The Bertz CT molecular complexity index is 414. The number of carbonyl (C=O) groups excluding carboxylic acids is 2. The highest BCUT2D eigenvalue weighted by Crippen LogP contribution is 1.98. The molecule has 0 bridgehead atoms. The van der Waals surface area contributed by atoms with E-state index in [1.165, 1.54) is 12.3 Å². The van der Waals surface area contributed by atoms with Crippen molar-refractivity contribution in [3.8, 4) is 0 Å². The number of hydrogen-bond acceptors (Lipinski definition) is 5. The van der Waals surface area contributed by atoms with E-state index < -0.39 is 24.4 Å². The first-order chi connectivity index (χ1) is 8.59. The van der Waals surface area contributed by atoms with Gasteiger partial charge in [0.1, 0.15) is 0 Å². The molecule has 8 nitrogen and oxygen atoms in total. The van der Waals surface area contributed by atoms with E-state index in [4.69, 9.17) is 9.52 Å². The van der Waals surface area contributed by atoms with E-state index >= 15 is 0 Å². The number of furan rings is 1. The largest absolute Gasteiger partial charge is 0.479 e. The number of hydroxylamine groups is 1. The first-order valence-corrected chi connectivity index (χ1v) is 5.03. The van der Waals surface area contributed by atoms with Crippen molar-refractivity contribution in [1.29, 1.82) is 0 Å². The van der Waals surface area contributed by atoms with Crippen molar-refractivity contribution >= 4 is 17.8 Å². The average Bonchev–Trinajstić information content (AvgIpc) is 2.81. The van der Waals surface area contributed by atoms with Crippen LogP contribution in [0.3, 0.4) is 0 Å². The third kappa shape index (κ3) is 5.12. The van der Waals surface area contributed by atoms with E-state index in [1.54, 1.807) is 6.07 Å². The second-order valence-electron chi connectivity index (χ2n) is 3.19. The molecule has 0 atom stereocenters. The molecular weight excluding hydrogens is 244 g/mol. The van der Waals surface area contributed by atoms with Gasteiger partial charge in [0.25, 0.3) is 5.91 Å². The quantitative estimate of drug-likeness (QED) is 0.568. The molecule has 3 N–H and O–H groups in total. The maximum atomic E-state index is 11.3. The molecule has 2 amide bonds. The van der Waals surface area contributed by atoms with Crippen molar-refractivity contribution in [1.82, 2.24) is 10.8 Å². The Kier molecular flexibility index (Phi) is 5.39. The predicted molar refractivity (Wildman–Crippen MR) is 57.4 cm³/mol. The minimum absolute atomic E-state index is 0.0356. The van der Waals surface area contributed by atoms with Crippen molar-refractivity contribution in [2.45, 2.75) is 6.42 Å². The minimum atomic E-state index is -1.19. The standard InChI is InChI=1S/C10H12N2O6/c13-8(12-18-6-9(14)15)3-4-11-10(16)7-2-1-5-17-7/h1-2,5H,3-4,6H2,(H,11,16)(H,12,13)(H,14,15). The number of amides is 2. The van der Waals surface area contributed by atoms with E-state index in [0.717, 1.165) is 0 Å². The zero-order chi connectivity index (χ0) is 13.4. The zero-order valence-electron chi connectivity index (χ0n) is 9.34. The van der Waals surface area contributed by atoms with Gasteiger partial charge < -0.3 is 14.8 Å². The van der Waals surface area contributed by atoms with Gasteiger partial charge in [-0.2, -0.15) is 0 Å². The minimum Gasteiger partial charge on any atom is -0.479 e. The molecule has 98 valence electrons. The fourth-order valence-corrected chi connectivity index (χ4v) is 1.01. The van der Waals surface area contributed by atoms with Crippen LogP contribution in [0.4, 0.5) is 0 Å². The summed E-state index contributed by atoms with van der Waals surface area (Å²) in [7, 11) is 0. The summed E-state index contributed by atoms with van der Waals surface area (Å²) < 4.78 is 4.84. The number of carboxylic acid groups (broad SMARTS) is 1. The molecule has 0 saturated carbocycles. The molecule has 0 aliphatic heterocycles. The lowest BCUT2D eigenvalue weighted by molar-refractivity contribution is -0.149. The fourth-order valence-electron chi connectivity index (χ4n) is 1.01. The summed E-state index contributed by atoms with van der Waals surface area (Å²) in [6, 6.07) is 3.06. The van der Waals surface area contributed by atoms with Gasteiger partial charge in [0.05, 0.1) is 6.26 Å². The summed E-state index contributed by atoms with van der Waals surface area (Å²) in [6.45, 7) is -0.535. The summed E-state index contributed by atoms with van der Waals surface area (Å²) >= 11 is 0. The normalized spacial score (nSPS) is 9.78. The van der Waals surface area contributed by atoms with E-state index in [9.17, 15) is 14.4 Å². The lowest BCUT2D eigenvalue weighted by atomic mass is 10.4. The number of aliphatic carboxylic acids is 1. The van der Waals surface area contributed by atoms with Gasteiger partial charge in [-0.15, -0.1) is 0 Å². The van der Waals surface area contributed by atoms with Gasteiger partial charge in [-0.1, -0.05) is 0 Å². The van der Waals surface area contributed by atoms with Crippen molar-refractivity contribution in [3.63, 3.8) is 0 Å². The Labute approximate surface area is 102 Å². The van der Waals surface area contributed by atoms with Crippen LogP contribution in [0, 0.1) is 0 Å². The molecule has 0 radical (unpaired) electrons. The molecule has 0 aliphatic rings. The molecule has 0 unspecified atom stereocenters. The van der Waals surface area contributed by atoms with Crippen molar-refractivity contribution in [2.75, 3.05) is 13.2 Å². The summed E-state index contributed by atoms with van der Waals surface area (Å²) in [5.41, 5.74) is 1.93. The lowest BCUT2D eigenvalue weighted by Gasteiger charge is -2.04. The van der Waals surface area contributed by atoms with Crippen molar-refractivity contribution in [3.05, 3.63) is 24.2 Å². The Morgan fingerprint density at radius 3 is 2.78 bits per heavy atom. The van der Waals surface area contributed by atoms with Gasteiger partial charge >= 0.3 is 5.97 Å². The van der Waals surface area contributed by atoms with Crippen LogP contribution in [0.25, 0.3) is 0 Å². The SMILES string of the molecule is O=C(O)CONC(=O)CCNC(=O)c1ccco1. The molecule has 0 saturated heterocycles. The van der Waals surface area contributed by atoms with E-state index in [0.29, 0.717) is 0 Å². The number of hydrogen-bond donors (Lipinski definition) is 3. The van der Waals surface area contributed by atoms with Gasteiger partial charge in [-0.3, -0.25) is 14.4 Å². The van der Waals surface area contributed by atoms with Crippen LogP contribution in [-0.2, 0) is 14.4 Å². The molecule has 8 heteroatoms. The van der Waals surface area contributed by atoms with Crippen LogP contribution in [-0.4, -0.2) is 36.0 Å². The first kappa shape index (κ1) is 13.7. The van der Waals surface area contributed by atoms with Gasteiger partial charge in [0.2, 0.25) is 5.91 Å². The maximum absolute atomic E-state index is 11.3. The van der Waals surface area contributed by atoms with Crippen LogP contribution >= 0.6 is 0 Å². The summed E-state index contributed by atoms with van der Waals surface area (Å²) in [6.07, 6.45) is 1.33. The second kappa shape index (κ2) is 7.07. The Morgan fingerprint density at radius 2 is 2.17 bits per heavy atom. The summed E-state index contributed by atoms with van der Waals surface area (Å²) in [5.74, 6) is -2.01. The number of carbonyl (C=O) groups is 3. The number of rotatable bonds is 7. The Morgan fingerprint density at radius 1 is 1.39 bits per heavy atom.